The molecule has 1 aromatic carbocycles. The van der Waals surface area contributed by atoms with E-state index in [0.29, 0.717) is 5.75 Å². The van der Waals surface area contributed by atoms with E-state index in [2.05, 4.69) is 14.8 Å². The SMILES string of the molecule is Cn1c(CC2CCCCC2)nnc1SCc1cccc(F)c1. The van der Waals surface area contributed by atoms with E-state index >= 15 is 0 Å². The second-order valence-electron chi connectivity index (χ2n) is 6.08. The fraction of sp³-hybridized carbons (Fsp3) is 0.529. The molecule has 3 rings (SSSR count). The molecule has 118 valence electrons. The molecule has 0 aliphatic heterocycles. The van der Waals surface area contributed by atoms with Gasteiger partial charge in [0.15, 0.2) is 5.16 Å². The summed E-state index contributed by atoms with van der Waals surface area (Å²) >= 11 is 1.61. The molecule has 3 nitrogen and oxygen atoms in total. The number of hydrogen-bond acceptors (Lipinski definition) is 3. The Balaban J connectivity index is 1.60. The second-order valence-corrected chi connectivity index (χ2v) is 7.03. The lowest BCUT2D eigenvalue weighted by Gasteiger charge is -2.20. The van der Waals surface area contributed by atoms with Crippen molar-refractivity contribution in [1.82, 2.24) is 14.8 Å². The molecule has 22 heavy (non-hydrogen) atoms. The number of rotatable bonds is 5. The zero-order valence-corrected chi connectivity index (χ0v) is 13.8. The Morgan fingerprint density at radius 1 is 1.23 bits per heavy atom. The van der Waals surface area contributed by atoms with E-state index in [-0.39, 0.29) is 5.82 Å². The Labute approximate surface area is 135 Å². The van der Waals surface area contributed by atoms with Gasteiger partial charge in [-0.05, 0) is 23.6 Å². The average Bonchev–Trinajstić information content (AvgIpc) is 2.87. The highest BCUT2D eigenvalue weighted by atomic mass is 32.2. The first-order valence-electron chi connectivity index (χ1n) is 7.98. The Bertz CT molecular complexity index is 620. The average molecular weight is 319 g/mol. The van der Waals surface area contributed by atoms with Crippen LogP contribution in [0.5, 0.6) is 0 Å². The van der Waals surface area contributed by atoms with Gasteiger partial charge in [-0.3, -0.25) is 0 Å². The number of aromatic nitrogens is 3. The van der Waals surface area contributed by atoms with Crippen LogP contribution in [0.25, 0.3) is 0 Å². The van der Waals surface area contributed by atoms with Gasteiger partial charge in [0.05, 0.1) is 0 Å². The highest BCUT2D eigenvalue weighted by Crippen LogP contribution is 2.28. The number of halogens is 1. The fourth-order valence-electron chi connectivity index (χ4n) is 3.07. The molecule has 1 saturated carbocycles. The summed E-state index contributed by atoms with van der Waals surface area (Å²) < 4.78 is 15.3. The molecule has 0 saturated heterocycles. The van der Waals surface area contributed by atoms with Crippen molar-refractivity contribution in [1.29, 1.82) is 0 Å². The summed E-state index contributed by atoms with van der Waals surface area (Å²) in [7, 11) is 2.03. The van der Waals surface area contributed by atoms with E-state index in [0.717, 1.165) is 28.9 Å². The van der Waals surface area contributed by atoms with Crippen molar-refractivity contribution in [2.45, 2.75) is 49.4 Å². The minimum absolute atomic E-state index is 0.186. The zero-order chi connectivity index (χ0) is 15.4. The molecule has 2 aromatic rings. The molecule has 0 unspecified atom stereocenters. The van der Waals surface area contributed by atoms with Gasteiger partial charge in [0, 0.05) is 19.2 Å². The summed E-state index contributed by atoms with van der Waals surface area (Å²) in [6, 6.07) is 6.73. The van der Waals surface area contributed by atoms with Gasteiger partial charge >= 0.3 is 0 Å². The smallest absolute Gasteiger partial charge is 0.191 e. The molecule has 5 heteroatoms. The van der Waals surface area contributed by atoms with Gasteiger partial charge in [0.1, 0.15) is 11.6 Å². The third-order valence-corrected chi connectivity index (χ3v) is 5.47. The maximum Gasteiger partial charge on any atom is 0.191 e. The summed E-state index contributed by atoms with van der Waals surface area (Å²) in [5, 5.41) is 9.57. The largest absolute Gasteiger partial charge is 0.309 e. The van der Waals surface area contributed by atoms with E-state index in [1.807, 2.05) is 13.1 Å². The number of thioether (sulfide) groups is 1. The minimum atomic E-state index is -0.186. The van der Waals surface area contributed by atoms with Crippen LogP contribution in [-0.2, 0) is 19.2 Å². The standard InChI is InChI=1S/C17H22FN3S/c1-21-16(11-13-6-3-2-4-7-13)19-20-17(21)22-12-14-8-5-9-15(18)10-14/h5,8-10,13H,2-4,6-7,11-12H2,1H3. The van der Waals surface area contributed by atoms with Crippen molar-refractivity contribution in [3.8, 4) is 0 Å². The van der Waals surface area contributed by atoms with Crippen LogP contribution in [0.15, 0.2) is 29.4 Å². The van der Waals surface area contributed by atoms with Crippen LogP contribution < -0.4 is 0 Å². The summed E-state index contributed by atoms with van der Waals surface area (Å²) in [4.78, 5) is 0. The maximum absolute atomic E-state index is 13.2. The summed E-state index contributed by atoms with van der Waals surface area (Å²) in [5.41, 5.74) is 0.974. The zero-order valence-electron chi connectivity index (χ0n) is 13.0. The van der Waals surface area contributed by atoms with E-state index < -0.39 is 0 Å². The van der Waals surface area contributed by atoms with Gasteiger partial charge in [0.2, 0.25) is 0 Å². The first kappa shape index (κ1) is 15.5. The monoisotopic (exact) mass is 319 g/mol. The Hall–Kier alpha value is -1.36. The third-order valence-electron chi connectivity index (χ3n) is 4.38. The van der Waals surface area contributed by atoms with Crippen LogP contribution in [0.4, 0.5) is 4.39 Å². The fourth-order valence-corrected chi connectivity index (χ4v) is 3.95. The normalized spacial score (nSPS) is 16.1. The summed E-state index contributed by atoms with van der Waals surface area (Å²) in [6.07, 6.45) is 7.75. The molecule has 1 heterocycles. The minimum Gasteiger partial charge on any atom is -0.309 e. The second kappa shape index (κ2) is 7.27. The summed E-state index contributed by atoms with van der Waals surface area (Å²) in [5.74, 6) is 2.37. The molecule has 0 amide bonds. The van der Waals surface area contributed by atoms with Gasteiger partial charge in [-0.15, -0.1) is 10.2 Å². The number of benzene rings is 1. The highest BCUT2D eigenvalue weighted by Gasteiger charge is 2.18. The van der Waals surface area contributed by atoms with E-state index in [1.165, 1.54) is 38.2 Å². The lowest BCUT2D eigenvalue weighted by molar-refractivity contribution is 0.348. The summed E-state index contributed by atoms with van der Waals surface area (Å²) in [6.45, 7) is 0. The molecule has 1 fully saturated rings. The molecule has 0 spiro atoms. The Kier molecular flexibility index (Phi) is 5.13. The molecular formula is C17H22FN3S. The first-order chi connectivity index (χ1) is 10.7. The van der Waals surface area contributed by atoms with Gasteiger partial charge < -0.3 is 4.57 Å². The number of hydrogen-bond donors (Lipinski definition) is 0. The van der Waals surface area contributed by atoms with Crippen molar-refractivity contribution in [3.63, 3.8) is 0 Å². The van der Waals surface area contributed by atoms with Gasteiger partial charge in [-0.2, -0.15) is 0 Å². The molecule has 1 aliphatic rings. The van der Waals surface area contributed by atoms with Crippen LogP contribution in [0.2, 0.25) is 0 Å². The topological polar surface area (TPSA) is 30.7 Å². The van der Waals surface area contributed by atoms with Crippen LogP contribution in [0, 0.1) is 11.7 Å². The lowest BCUT2D eigenvalue weighted by atomic mass is 9.87. The molecule has 0 atom stereocenters. The highest BCUT2D eigenvalue weighted by molar-refractivity contribution is 7.98. The van der Waals surface area contributed by atoms with Crippen molar-refractivity contribution in [3.05, 3.63) is 41.5 Å². The van der Waals surface area contributed by atoms with Crippen molar-refractivity contribution in [2.24, 2.45) is 13.0 Å². The lowest BCUT2D eigenvalue weighted by Crippen LogP contribution is -2.12. The van der Waals surface area contributed by atoms with Crippen LogP contribution in [-0.4, -0.2) is 14.8 Å². The maximum atomic E-state index is 13.2. The van der Waals surface area contributed by atoms with Crippen molar-refractivity contribution in [2.75, 3.05) is 0 Å². The van der Waals surface area contributed by atoms with Gasteiger partial charge in [-0.1, -0.05) is 56.0 Å². The van der Waals surface area contributed by atoms with Crippen molar-refractivity contribution >= 4 is 11.8 Å². The molecule has 0 N–H and O–H groups in total. The Morgan fingerprint density at radius 2 is 2.05 bits per heavy atom. The molecule has 1 aliphatic carbocycles. The van der Waals surface area contributed by atoms with E-state index in [1.54, 1.807) is 23.9 Å². The molecule has 0 bridgehead atoms. The molecule has 1 aromatic heterocycles. The molecule has 0 radical (unpaired) electrons. The van der Waals surface area contributed by atoms with Crippen molar-refractivity contribution < 1.29 is 4.39 Å². The van der Waals surface area contributed by atoms with Crippen LogP contribution in [0.3, 0.4) is 0 Å². The molecular weight excluding hydrogens is 297 g/mol. The third kappa shape index (κ3) is 3.88. The van der Waals surface area contributed by atoms with Gasteiger partial charge in [-0.25, -0.2) is 4.39 Å². The van der Waals surface area contributed by atoms with E-state index in [4.69, 9.17) is 0 Å². The predicted octanol–water partition coefficient (Wildman–Crippen LogP) is 4.37. The number of nitrogens with zero attached hydrogens (tertiary/aromatic N) is 3. The quantitative estimate of drug-likeness (QED) is 0.767. The van der Waals surface area contributed by atoms with E-state index in [9.17, 15) is 4.39 Å². The van der Waals surface area contributed by atoms with Gasteiger partial charge in [0.25, 0.3) is 0 Å². The predicted molar refractivity (Wildman–Crippen MR) is 87.2 cm³/mol. The first-order valence-corrected chi connectivity index (χ1v) is 8.96. The van der Waals surface area contributed by atoms with Crippen LogP contribution >= 0.6 is 11.8 Å². The Morgan fingerprint density at radius 3 is 2.82 bits per heavy atom. The van der Waals surface area contributed by atoms with Crippen LogP contribution in [0.1, 0.15) is 43.5 Å².